The van der Waals surface area contributed by atoms with Crippen molar-refractivity contribution in [3.05, 3.63) is 53.1 Å². The number of esters is 1. The summed E-state index contributed by atoms with van der Waals surface area (Å²) in [6.07, 6.45) is 0. The van der Waals surface area contributed by atoms with E-state index in [0.29, 0.717) is 11.4 Å². The monoisotopic (exact) mass is 426 g/mol. The Morgan fingerprint density at radius 1 is 1.14 bits per heavy atom. The number of hydrogen-bond donors (Lipinski definition) is 1. The topological polar surface area (TPSA) is 102 Å². The molecule has 28 heavy (non-hydrogen) atoms. The minimum absolute atomic E-state index is 0.0268. The molecule has 0 radical (unpaired) electrons. The van der Waals surface area contributed by atoms with Gasteiger partial charge in [-0.15, -0.1) is 0 Å². The summed E-state index contributed by atoms with van der Waals surface area (Å²) in [5.41, 5.74) is 0.435. The first-order valence-corrected chi connectivity index (χ1v) is 9.80. The van der Waals surface area contributed by atoms with Gasteiger partial charge in [0.15, 0.2) is 6.61 Å². The Bertz CT molecular complexity index is 991. The SMILES string of the molecule is COc1cccc(NC(=O)COC(=O)c2ccc(Cl)c(S(=O)(=O)N(C)C)c2)c1. The molecule has 0 bridgehead atoms. The zero-order chi connectivity index (χ0) is 20.9. The van der Waals surface area contributed by atoms with Gasteiger partial charge in [0.1, 0.15) is 10.6 Å². The number of halogens is 1. The molecule has 0 atom stereocenters. The maximum Gasteiger partial charge on any atom is 0.338 e. The van der Waals surface area contributed by atoms with Crippen LogP contribution in [0.5, 0.6) is 5.75 Å². The summed E-state index contributed by atoms with van der Waals surface area (Å²) in [7, 11) is 0.353. The third-order valence-corrected chi connectivity index (χ3v) is 5.91. The van der Waals surface area contributed by atoms with Crippen molar-refractivity contribution in [3.8, 4) is 5.75 Å². The number of hydrogen-bond acceptors (Lipinski definition) is 6. The van der Waals surface area contributed by atoms with Crippen molar-refractivity contribution >= 4 is 39.2 Å². The second-order valence-corrected chi connectivity index (χ2v) is 8.32. The molecule has 2 rings (SSSR count). The first-order valence-electron chi connectivity index (χ1n) is 7.98. The highest BCUT2D eigenvalue weighted by Gasteiger charge is 2.23. The van der Waals surface area contributed by atoms with E-state index in [-0.39, 0.29) is 15.5 Å². The largest absolute Gasteiger partial charge is 0.497 e. The van der Waals surface area contributed by atoms with Crippen LogP contribution < -0.4 is 10.1 Å². The van der Waals surface area contributed by atoms with Crippen molar-refractivity contribution < 1.29 is 27.5 Å². The van der Waals surface area contributed by atoms with Gasteiger partial charge in [0.2, 0.25) is 10.0 Å². The third kappa shape index (κ3) is 5.22. The molecule has 0 aliphatic heterocycles. The van der Waals surface area contributed by atoms with Crippen molar-refractivity contribution in [2.45, 2.75) is 4.90 Å². The molecule has 1 N–H and O–H groups in total. The number of anilines is 1. The van der Waals surface area contributed by atoms with Crippen molar-refractivity contribution in [2.75, 3.05) is 33.1 Å². The minimum Gasteiger partial charge on any atom is -0.497 e. The molecule has 150 valence electrons. The predicted molar refractivity (Wildman–Crippen MR) is 104 cm³/mol. The average molecular weight is 427 g/mol. The van der Waals surface area contributed by atoms with Gasteiger partial charge in [-0.1, -0.05) is 17.7 Å². The number of nitrogens with zero attached hydrogens (tertiary/aromatic N) is 1. The van der Waals surface area contributed by atoms with E-state index >= 15 is 0 Å². The lowest BCUT2D eigenvalue weighted by atomic mass is 10.2. The highest BCUT2D eigenvalue weighted by Crippen LogP contribution is 2.25. The Morgan fingerprint density at radius 3 is 2.50 bits per heavy atom. The normalized spacial score (nSPS) is 11.2. The van der Waals surface area contributed by atoms with Crippen molar-refractivity contribution in [1.82, 2.24) is 4.31 Å². The van der Waals surface area contributed by atoms with Gasteiger partial charge in [0, 0.05) is 25.8 Å². The maximum atomic E-state index is 12.3. The van der Waals surface area contributed by atoms with E-state index in [2.05, 4.69) is 5.32 Å². The van der Waals surface area contributed by atoms with Crippen LogP contribution in [0.2, 0.25) is 5.02 Å². The highest BCUT2D eigenvalue weighted by molar-refractivity contribution is 7.89. The summed E-state index contributed by atoms with van der Waals surface area (Å²) < 4.78 is 35.5. The Hall–Kier alpha value is -2.62. The molecule has 8 nitrogen and oxygen atoms in total. The predicted octanol–water partition coefficient (Wildman–Crippen LogP) is 2.39. The van der Waals surface area contributed by atoms with Crippen LogP contribution in [0.4, 0.5) is 5.69 Å². The summed E-state index contributed by atoms with van der Waals surface area (Å²) in [5.74, 6) is -0.852. The lowest BCUT2D eigenvalue weighted by Gasteiger charge is -2.13. The van der Waals surface area contributed by atoms with Crippen LogP contribution in [0.3, 0.4) is 0 Å². The van der Waals surface area contributed by atoms with Gasteiger partial charge < -0.3 is 14.8 Å². The second kappa shape index (κ2) is 9.05. The first-order chi connectivity index (χ1) is 13.1. The number of ether oxygens (including phenoxy) is 2. The summed E-state index contributed by atoms with van der Waals surface area (Å²) in [6.45, 7) is -0.547. The maximum absolute atomic E-state index is 12.3. The standard InChI is InChI=1S/C18H19ClN2O6S/c1-21(2)28(24,25)16-9-12(7-8-15(16)19)18(23)27-11-17(22)20-13-5-4-6-14(10-13)26-3/h4-10H,11H2,1-3H3,(H,20,22). The molecule has 0 aliphatic carbocycles. The number of benzene rings is 2. The van der Waals surface area contributed by atoms with Crippen LogP contribution >= 0.6 is 11.6 Å². The zero-order valence-corrected chi connectivity index (χ0v) is 17.0. The second-order valence-electron chi connectivity index (χ2n) is 5.79. The molecule has 0 saturated heterocycles. The van der Waals surface area contributed by atoms with E-state index in [1.165, 1.54) is 33.3 Å². The van der Waals surface area contributed by atoms with Crippen LogP contribution in [0, 0.1) is 0 Å². The molecule has 10 heteroatoms. The number of sulfonamides is 1. The van der Waals surface area contributed by atoms with Crippen LogP contribution in [0.25, 0.3) is 0 Å². The van der Waals surface area contributed by atoms with Crippen LogP contribution in [-0.4, -0.2) is 52.4 Å². The van der Waals surface area contributed by atoms with E-state index in [4.69, 9.17) is 21.1 Å². The number of methoxy groups -OCH3 is 1. The van der Waals surface area contributed by atoms with Crippen LogP contribution in [-0.2, 0) is 19.6 Å². The lowest BCUT2D eigenvalue weighted by Crippen LogP contribution is -2.23. The molecular formula is C18H19ClN2O6S. The molecule has 2 aromatic carbocycles. The summed E-state index contributed by atoms with van der Waals surface area (Å²) >= 11 is 5.94. The molecule has 0 heterocycles. The Labute approximate surface area is 168 Å². The van der Waals surface area contributed by atoms with E-state index in [1.54, 1.807) is 24.3 Å². The summed E-state index contributed by atoms with van der Waals surface area (Å²) in [5, 5.41) is 2.54. The van der Waals surface area contributed by atoms with Crippen LogP contribution in [0.1, 0.15) is 10.4 Å². The number of amides is 1. The fourth-order valence-electron chi connectivity index (χ4n) is 2.14. The van der Waals surface area contributed by atoms with Gasteiger partial charge in [0.25, 0.3) is 5.91 Å². The Kier molecular flexibility index (Phi) is 7.00. The Morgan fingerprint density at radius 2 is 1.86 bits per heavy atom. The lowest BCUT2D eigenvalue weighted by molar-refractivity contribution is -0.119. The quantitative estimate of drug-likeness (QED) is 0.682. The summed E-state index contributed by atoms with van der Waals surface area (Å²) in [4.78, 5) is 23.9. The molecule has 1 amide bonds. The van der Waals surface area contributed by atoms with Gasteiger partial charge in [0.05, 0.1) is 17.7 Å². The van der Waals surface area contributed by atoms with Crippen molar-refractivity contribution in [3.63, 3.8) is 0 Å². The smallest absolute Gasteiger partial charge is 0.338 e. The molecule has 0 unspecified atom stereocenters. The number of nitrogens with one attached hydrogen (secondary N) is 1. The van der Waals surface area contributed by atoms with Crippen molar-refractivity contribution in [2.24, 2.45) is 0 Å². The molecular weight excluding hydrogens is 408 g/mol. The number of rotatable bonds is 7. The molecule has 0 aliphatic rings. The van der Waals surface area contributed by atoms with E-state index < -0.39 is 28.5 Å². The van der Waals surface area contributed by atoms with E-state index in [9.17, 15) is 18.0 Å². The molecule has 0 aromatic heterocycles. The van der Waals surface area contributed by atoms with Gasteiger partial charge in [-0.05, 0) is 30.3 Å². The minimum atomic E-state index is -3.84. The zero-order valence-electron chi connectivity index (χ0n) is 15.4. The van der Waals surface area contributed by atoms with Gasteiger partial charge in [-0.2, -0.15) is 0 Å². The van der Waals surface area contributed by atoms with Gasteiger partial charge in [-0.25, -0.2) is 17.5 Å². The van der Waals surface area contributed by atoms with Gasteiger partial charge in [-0.3, -0.25) is 4.79 Å². The molecule has 0 saturated carbocycles. The Balaban J connectivity index is 2.06. The first kappa shape index (κ1) is 21.7. The van der Waals surface area contributed by atoms with Gasteiger partial charge >= 0.3 is 5.97 Å². The van der Waals surface area contributed by atoms with Crippen molar-refractivity contribution in [1.29, 1.82) is 0 Å². The molecule has 2 aromatic rings. The van der Waals surface area contributed by atoms with Crippen LogP contribution in [0.15, 0.2) is 47.4 Å². The molecule has 0 fully saturated rings. The fourth-order valence-corrected chi connectivity index (χ4v) is 3.53. The summed E-state index contributed by atoms with van der Waals surface area (Å²) in [6, 6.07) is 10.4. The number of carbonyl (C=O) groups is 2. The average Bonchev–Trinajstić information content (AvgIpc) is 2.66. The highest BCUT2D eigenvalue weighted by atomic mass is 35.5. The van der Waals surface area contributed by atoms with E-state index in [0.717, 1.165) is 10.4 Å². The van der Waals surface area contributed by atoms with E-state index in [1.807, 2.05) is 0 Å². The number of carbonyl (C=O) groups excluding carboxylic acids is 2. The molecule has 0 spiro atoms. The third-order valence-electron chi connectivity index (χ3n) is 3.61. The fraction of sp³-hybridized carbons (Fsp3) is 0.222.